The van der Waals surface area contributed by atoms with Gasteiger partial charge in [-0.25, -0.2) is 0 Å². The molecule has 0 aliphatic carbocycles. The highest BCUT2D eigenvalue weighted by Crippen LogP contribution is 2.35. The van der Waals surface area contributed by atoms with Crippen molar-refractivity contribution in [3.8, 4) is 17.2 Å². The summed E-state index contributed by atoms with van der Waals surface area (Å²) in [4.78, 5) is 12.5. The van der Waals surface area contributed by atoms with Gasteiger partial charge in [-0.1, -0.05) is 18.2 Å². The molecule has 0 heterocycles. The third kappa shape index (κ3) is 3.14. The summed E-state index contributed by atoms with van der Waals surface area (Å²) in [5.41, 5.74) is 2.11. The summed E-state index contributed by atoms with van der Waals surface area (Å²) >= 11 is 0. The van der Waals surface area contributed by atoms with Gasteiger partial charge in [0.25, 0.3) is 5.91 Å². The number of ether oxygens (including phenoxy) is 3. The van der Waals surface area contributed by atoms with Crippen molar-refractivity contribution >= 4 is 11.6 Å². The van der Waals surface area contributed by atoms with Gasteiger partial charge in [-0.3, -0.25) is 4.79 Å². The van der Waals surface area contributed by atoms with E-state index < -0.39 is 0 Å². The Morgan fingerprint density at radius 2 is 1.50 bits per heavy atom. The van der Waals surface area contributed by atoms with Crippen molar-refractivity contribution in [3.05, 3.63) is 47.5 Å². The number of hydrogen-bond acceptors (Lipinski definition) is 4. The first-order valence-electron chi connectivity index (χ1n) is 6.77. The summed E-state index contributed by atoms with van der Waals surface area (Å²) in [6.45, 7) is 1.93. The Balaban J connectivity index is 2.38. The molecule has 0 bridgehead atoms. The lowest BCUT2D eigenvalue weighted by Gasteiger charge is -2.14. The zero-order chi connectivity index (χ0) is 16.1. The molecule has 2 rings (SSSR count). The summed E-state index contributed by atoms with van der Waals surface area (Å²) in [5.74, 6) is 1.13. The predicted molar refractivity (Wildman–Crippen MR) is 85.2 cm³/mol. The molecule has 0 aliphatic rings. The minimum absolute atomic E-state index is 0.271. The lowest BCUT2D eigenvalue weighted by Crippen LogP contribution is -2.14. The topological polar surface area (TPSA) is 56.8 Å². The van der Waals surface area contributed by atoms with Gasteiger partial charge in [0, 0.05) is 17.8 Å². The Hall–Kier alpha value is -2.69. The van der Waals surface area contributed by atoms with Crippen LogP contribution in [0.5, 0.6) is 17.2 Å². The Labute approximate surface area is 129 Å². The van der Waals surface area contributed by atoms with Crippen molar-refractivity contribution in [2.24, 2.45) is 0 Å². The number of carbonyl (C=O) groups excluding carboxylic acids is 1. The lowest BCUT2D eigenvalue weighted by molar-refractivity contribution is 0.102. The second kappa shape index (κ2) is 6.85. The summed E-state index contributed by atoms with van der Waals surface area (Å²) in [6, 6.07) is 10.8. The number of aryl methyl sites for hydroxylation is 1. The molecule has 2 aromatic carbocycles. The number of rotatable bonds is 5. The fourth-order valence-corrected chi connectivity index (χ4v) is 2.11. The van der Waals surface area contributed by atoms with Crippen molar-refractivity contribution in [2.45, 2.75) is 6.92 Å². The summed E-state index contributed by atoms with van der Waals surface area (Å²) in [6.07, 6.45) is 0. The molecule has 1 amide bonds. The quantitative estimate of drug-likeness (QED) is 0.921. The third-order valence-corrected chi connectivity index (χ3v) is 3.34. The molecular formula is C17H19NO4. The van der Waals surface area contributed by atoms with Gasteiger partial charge >= 0.3 is 0 Å². The molecule has 2 aromatic rings. The summed E-state index contributed by atoms with van der Waals surface area (Å²) < 4.78 is 15.7. The molecule has 0 aromatic heterocycles. The SMILES string of the molecule is COc1cc(OC)c(C(=O)Nc2ccccc2C)cc1OC. The Bertz CT molecular complexity index is 682. The van der Waals surface area contributed by atoms with E-state index in [1.807, 2.05) is 31.2 Å². The van der Waals surface area contributed by atoms with Gasteiger partial charge in [0.15, 0.2) is 11.5 Å². The van der Waals surface area contributed by atoms with E-state index in [2.05, 4.69) is 5.32 Å². The Kier molecular flexibility index (Phi) is 4.88. The van der Waals surface area contributed by atoms with Crippen LogP contribution in [0.1, 0.15) is 15.9 Å². The van der Waals surface area contributed by atoms with Crippen LogP contribution in [-0.4, -0.2) is 27.2 Å². The number of benzene rings is 2. The van der Waals surface area contributed by atoms with Crippen molar-refractivity contribution in [2.75, 3.05) is 26.6 Å². The van der Waals surface area contributed by atoms with Crippen molar-refractivity contribution < 1.29 is 19.0 Å². The molecule has 1 N–H and O–H groups in total. The summed E-state index contributed by atoms with van der Waals surface area (Å²) in [7, 11) is 4.56. The van der Waals surface area contributed by atoms with E-state index in [0.29, 0.717) is 22.8 Å². The van der Waals surface area contributed by atoms with Crippen molar-refractivity contribution in [1.82, 2.24) is 0 Å². The van der Waals surface area contributed by atoms with Crippen molar-refractivity contribution in [1.29, 1.82) is 0 Å². The first kappa shape index (κ1) is 15.7. The number of methoxy groups -OCH3 is 3. The molecule has 5 nitrogen and oxygen atoms in total. The maximum atomic E-state index is 12.5. The van der Waals surface area contributed by atoms with Crippen LogP contribution >= 0.6 is 0 Å². The van der Waals surface area contributed by atoms with Crippen LogP contribution in [0.3, 0.4) is 0 Å². The van der Waals surface area contributed by atoms with Crippen LogP contribution in [0.2, 0.25) is 0 Å². The number of hydrogen-bond donors (Lipinski definition) is 1. The summed E-state index contributed by atoms with van der Waals surface area (Å²) in [5, 5.41) is 2.87. The number of amides is 1. The second-order valence-corrected chi connectivity index (χ2v) is 4.68. The molecule has 0 atom stereocenters. The fraction of sp³-hybridized carbons (Fsp3) is 0.235. The molecule has 0 aliphatic heterocycles. The molecule has 0 saturated carbocycles. The number of para-hydroxylation sites is 1. The molecule has 0 spiro atoms. The minimum Gasteiger partial charge on any atom is -0.496 e. The van der Waals surface area contributed by atoms with Gasteiger partial charge in [0.1, 0.15) is 5.75 Å². The molecular weight excluding hydrogens is 282 g/mol. The monoisotopic (exact) mass is 301 g/mol. The van der Waals surface area contributed by atoms with Crippen LogP contribution in [-0.2, 0) is 0 Å². The zero-order valence-electron chi connectivity index (χ0n) is 13.1. The first-order valence-corrected chi connectivity index (χ1v) is 6.77. The van der Waals surface area contributed by atoms with Crippen LogP contribution in [0.4, 0.5) is 5.69 Å². The van der Waals surface area contributed by atoms with Crippen LogP contribution in [0.25, 0.3) is 0 Å². The van der Waals surface area contributed by atoms with Crippen LogP contribution in [0.15, 0.2) is 36.4 Å². The van der Waals surface area contributed by atoms with E-state index >= 15 is 0 Å². The number of carbonyl (C=O) groups is 1. The molecule has 0 fully saturated rings. The standard InChI is InChI=1S/C17H19NO4/c1-11-7-5-6-8-13(11)18-17(19)12-9-15(21-3)16(22-4)10-14(12)20-2/h5-10H,1-4H3,(H,18,19). The van der Waals surface area contributed by atoms with Gasteiger partial charge in [-0.15, -0.1) is 0 Å². The fourth-order valence-electron chi connectivity index (χ4n) is 2.11. The smallest absolute Gasteiger partial charge is 0.259 e. The largest absolute Gasteiger partial charge is 0.496 e. The number of anilines is 1. The second-order valence-electron chi connectivity index (χ2n) is 4.68. The van der Waals surface area contributed by atoms with Gasteiger partial charge < -0.3 is 19.5 Å². The highest BCUT2D eigenvalue weighted by Gasteiger charge is 2.18. The molecule has 0 unspecified atom stereocenters. The van der Waals surface area contributed by atoms with E-state index in [1.165, 1.54) is 21.3 Å². The maximum Gasteiger partial charge on any atom is 0.259 e. The van der Waals surface area contributed by atoms with Crippen LogP contribution in [0, 0.1) is 6.92 Å². The van der Waals surface area contributed by atoms with Crippen molar-refractivity contribution in [3.63, 3.8) is 0 Å². The van der Waals surface area contributed by atoms with E-state index in [-0.39, 0.29) is 5.91 Å². The molecule has 22 heavy (non-hydrogen) atoms. The zero-order valence-corrected chi connectivity index (χ0v) is 13.1. The number of nitrogens with one attached hydrogen (secondary N) is 1. The van der Waals surface area contributed by atoms with E-state index in [9.17, 15) is 4.79 Å². The normalized spacial score (nSPS) is 10.0. The molecule has 116 valence electrons. The molecule has 5 heteroatoms. The average molecular weight is 301 g/mol. The van der Waals surface area contributed by atoms with E-state index in [4.69, 9.17) is 14.2 Å². The first-order chi connectivity index (χ1) is 10.6. The predicted octanol–water partition coefficient (Wildman–Crippen LogP) is 3.27. The maximum absolute atomic E-state index is 12.5. The van der Waals surface area contributed by atoms with Gasteiger partial charge in [0.2, 0.25) is 0 Å². The lowest BCUT2D eigenvalue weighted by atomic mass is 10.1. The van der Waals surface area contributed by atoms with E-state index in [1.54, 1.807) is 12.1 Å². The van der Waals surface area contributed by atoms with E-state index in [0.717, 1.165) is 11.3 Å². The average Bonchev–Trinajstić information content (AvgIpc) is 2.55. The Morgan fingerprint density at radius 3 is 2.09 bits per heavy atom. The highest BCUT2D eigenvalue weighted by molar-refractivity contribution is 6.07. The highest BCUT2D eigenvalue weighted by atomic mass is 16.5. The third-order valence-electron chi connectivity index (χ3n) is 3.34. The molecule has 0 radical (unpaired) electrons. The molecule has 0 saturated heterocycles. The van der Waals surface area contributed by atoms with Crippen LogP contribution < -0.4 is 19.5 Å². The van der Waals surface area contributed by atoms with Gasteiger partial charge in [-0.05, 0) is 18.6 Å². The Morgan fingerprint density at radius 1 is 0.909 bits per heavy atom. The minimum atomic E-state index is -0.271. The van der Waals surface area contributed by atoms with Gasteiger partial charge in [0.05, 0.1) is 26.9 Å². The van der Waals surface area contributed by atoms with Gasteiger partial charge in [-0.2, -0.15) is 0 Å².